The summed E-state index contributed by atoms with van der Waals surface area (Å²) in [6, 6.07) is 8.64. The zero-order valence-electron chi connectivity index (χ0n) is 9.29. The number of nitrogens with two attached hydrogens (primary N) is 1. The quantitative estimate of drug-likeness (QED) is 0.348. The molecule has 3 N–H and O–H groups in total. The molecule has 1 aromatic carbocycles. The number of benzene rings is 1. The molecule has 82 valence electrons. The minimum atomic E-state index is 0.176. The van der Waals surface area contributed by atoms with E-state index in [-0.39, 0.29) is 6.04 Å². The molecule has 0 fully saturated rings. The van der Waals surface area contributed by atoms with Crippen molar-refractivity contribution >= 4 is 11.8 Å². The van der Waals surface area contributed by atoms with Gasteiger partial charge in [-0.15, -0.1) is 11.8 Å². The predicted molar refractivity (Wildman–Crippen MR) is 67.8 cm³/mol. The second kappa shape index (κ2) is 5.95. The third kappa shape index (κ3) is 4.08. The van der Waals surface area contributed by atoms with Crippen LogP contribution in [0.2, 0.25) is 0 Å². The number of hydrazine groups is 1. The van der Waals surface area contributed by atoms with Crippen LogP contribution in [-0.2, 0) is 0 Å². The molecule has 0 heterocycles. The van der Waals surface area contributed by atoms with E-state index < -0.39 is 0 Å². The zero-order chi connectivity index (χ0) is 11.3. The number of rotatable bonds is 5. The Hall–Kier alpha value is -0.770. The molecule has 1 rings (SSSR count). The van der Waals surface area contributed by atoms with E-state index in [0.717, 1.165) is 11.3 Å². The fraction of sp³-hybridized carbons (Fsp3) is 0.333. The zero-order valence-corrected chi connectivity index (χ0v) is 10.1. The van der Waals surface area contributed by atoms with E-state index in [2.05, 4.69) is 43.2 Å². The number of aryl methyl sites for hydroxylation is 1. The molecule has 0 saturated carbocycles. The Morgan fingerprint density at radius 2 is 2.33 bits per heavy atom. The van der Waals surface area contributed by atoms with Gasteiger partial charge in [-0.1, -0.05) is 29.8 Å². The molecule has 0 aromatic heterocycles. The van der Waals surface area contributed by atoms with Gasteiger partial charge in [0, 0.05) is 10.6 Å². The summed E-state index contributed by atoms with van der Waals surface area (Å²) in [5.41, 5.74) is 5.12. The molecule has 2 nitrogen and oxygen atoms in total. The van der Waals surface area contributed by atoms with Gasteiger partial charge in [0.1, 0.15) is 0 Å². The van der Waals surface area contributed by atoms with E-state index in [4.69, 9.17) is 5.84 Å². The Morgan fingerprint density at radius 1 is 1.60 bits per heavy atom. The van der Waals surface area contributed by atoms with Gasteiger partial charge in [-0.2, -0.15) is 0 Å². The van der Waals surface area contributed by atoms with Gasteiger partial charge in [-0.05, 0) is 26.0 Å². The summed E-state index contributed by atoms with van der Waals surface area (Å²) in [6.07, 6.45) is 0. The number of thioether (sulfide) groups is 1. The fourth-order valence-corrected chi connectivity index (χ4v) is 2.40. The van der Waals surface area contributed by atoms with Crippen molar-refractivity contribution in [2.24, 2.45) is 5.84 Å². The first-order valence-corrected chi connectivity index (χ1v) is 5.93. The molecule has 0 aliphatic carbocycles. The minimum absolute atomic E-state index is 0.176. The average Bonchev–Trinajstić information content (AvgIpc) is 2.18. The third-order valence-corrected chi connectivity index (χ3v) is 3.29. The van der Waals surface area contributed by atoms with Crippen molar-refractivity contribution in [3.8, 4) is 0 Å². The molecule has 0 bridgehead atoms. The van der Waals surface area contributed by atoms with Crippen molar-refractivity contribution in [3.05, 3.63) is 42.0 Å². The van der Waals surface area contributed by atoms with E-state index >= 15 is 0 Å². The average molecular weight is 222 g/mol. The first kappa shape index (κ1) is 12.3. The van der Waals surface area contributed by atoms with Crippen LogP contribution in [0, 0.1) is 6.92 Å². The highest BCUT2D eigenvalue weighted by atomic mass is 32.2. The first-order valence-electron chi connectivity index (χ1n) is 4.94. The molecule has 15 heavy (non-hydrogen) atoms. The summed E-state index contributed by atoms with van der Waals surface area (Å²) in [6.45, 7) is 7.99. The largest absolute Gasteiger partial charge is 0.271 e. The maximum atomic E-state index is 5.44. The highest BCUT2D eigenvalue weighted by Gasteiger charge is 2.07. The topological polar surface area (TPSA) is 38.0 Å². The third-order valence-electron chi connectivity index (χ3n) is 2.20. The molecule has 0 aliphatic heterocycles. The number of nitrogens with one attached hydrogen (secondary N) is 1. The van der Waals surface area contributed by atoms with E-state index in [1.54, 1.807) is 11.8 Å². The van der Waals surface area contributed by atoms with E-state index in [0.29, 0.717) is 0 Å². The molecule has 3 heteroatoms. The lowest BCUT2D eigenvalue weighted by atomic mass is 10.2. The standard InChI is InChI=1S/C12H18N2S/c1-9(2)12(14-13)8-15-11-6-4-5-10(3)7-11/h4-7,12,14H,1,8,13H2,2-3H3. The van der Waals surface area contributed by atoms with Crippen molar-refractivity contribution in [3.63, 3.8) is 0 Å². The van der Waals surface area contributed by atoms with Crippen LogP contribution in [0.15, 0.2) is 41.3 Å². The summed E-state index contributed by atoms with van der Waals surface area (Å²) in [5.74, 6) is 6.36. The van der Waals surface area contributed by atoms with Crippen molar-refractivity contribution in [2.75, 3.05) is 5.75 Å². The second-order valence-corrected chi connectivity index (χ2v) is 4.79. The minimum Gasteiger partial charge on any atom is -0.271 e. The highest BCUT2D eigenvalue weighted by Crippen LogP contribution is 2.20. The molecule has 0 spiro atoms. The lowest BCUT2D eigenvalue weighted by Crippen LogP contribution is -2.37. The molecule has 0 amide bonds. The highest BCUT2D eigenvalue weighted by molar-refractivity contribution is 7.99. The number of hydrogen-bond acceptors (Lipinski definition) is 3. The van der Waals surface area contributed by atoms with Crippen LogP contribution < -0.4 is 11.3 Å². The first-order chi connectivity index (χ1) is 7.13. The normalized spacial score (nSPS) is 12.5. The Morgan fingerprint density at radius 3 is 2.87 bits per heavy atom. The van der Waals surface area contributed by atoms with Gasteiger partial charge in [0.25, 0.3) is 0 Å². The van der Waals surface area contributed by atoms with Crippen LogP contribution in [-0.4, -0.2) is 11.8 Å². The summed E-state index contributed by atoms with van der Waals surface area (Å²) in [5, 5.41) is 0. The van der Waals surface area contributed by atoms with E-state index in [1.807, 2.05) is 6.92 Å². The Bertz CT molecular complexity index is 336. The lowest BCUT2D eigenvalue weighted by Gasteiger charge is -2.15. The van der Waals surface area contributed by atoms with Crippen LogP contribution in [0.4, 0.5) is 0 Å². The fourth-order valence-electron chi connectivity index (χ4n) is 1.22. The Kier molecular flexibility index (Phi) is 4.88. The molecular formula is C12H18N2S. The van der Waals surface area contributed by atoms with Crippen LogP contribution in [0.3, 0.4) is 0 Å². The summed E-state index contributed by atoms with van der Waals surface area (Å²) in [4.78, 5) is 1.27. The predicted octanol–water partition coefficient (Wildman–Crippen LogP) is 2.50. The summed E-state index contributed by atoms with van der Waals surface area (Å²) < 4.78 is 0. The molecule has 0 aliphatic rings. The summed E-state index contributed by atoms with van der Waals surface area (Å²) in [7, 11) is 0. The molecule has 0 saturated heterocycles. The molecule has 1 atom stereocenters. The Balaban J connectivity index is 2.52. The van der Waals surface area contributed by atoms with Crippen molar-refractivity contribution in [1.82, 2.24) is 5.43 Å². The van der Waals surface area contributed by atoms with Crippen molar-refractivity contribution in [2.45, 2.75) is 24.8 Å². The van der Waals surface area contributed by atoms with Crippen LogP contribution in [0.1, 0.15) is 12.5 Å². The monoisotopic (exact) mass is 222 g/mol. The van der Waals surface area contributed by atoms with E-state index in [9.17, 15) is 0 Å². The van der Waals surface area contributed by atoms with Gasteiger partial charge in [-0.3, -0.25) is 11.3 Å². The maximum Gasteiger partial charge on any atom is 0.0508 e. The van der Waals surface area contributed by atoms with Gasteiger partial charge in [0.05, 0.1) is 6.04 Å². The smallest absolute Gasteiger partial charge is 0.0508 e. The molecular weight excluding hydrogens is 204 g/mol. The van der Waals surface area contributed by atoms with Crippen molar-refractivity contribution in [1.29, 1.82) is 0 Å². The van der Waals surface area contributed by atoms with Gasteiger partial charge < -0.3 is 0 Å². The van der Waals surface area contributed by atoms with Crippen molar-refractivity contribution < 1.29 is 0 Å². The second-order valence-electron chi connectivity index (χ2n) is 3.69. The van der Waals surface area contributed by atoms with Gasteiger partial charge in [0.2, 0.25) is 0 Å². The van der Waals surface area contributed by atoms with E-state index in [1.165, 1.54) is 10.5 Å². The Labute approximate surface area is 95.9 Å². The number of hydrogen-bond donors (Lipinski definition) is 2. The molecule has 0 radical (unpaired) electrons. The van der Waals surface area contributed by atoms with Crippen LogP contribution in [0.5, 0.6) is 0 Å². The van der Waals surface area contributed by atoms with Crippen LogP contribution >= 0.6 is 11.8 Å². The van der Waals surface area contributed by atoms with Gasteiger partial charge >= 0.3 is 0 Å². The van der Waals surface area contributed by atoms with Gasteiger partial charge in [0.15, 0.2) is 0 Å². The molecule has 1 unspecified atom stereocenters. The summed E-state index contributed by atoms with van der Waals surface area (Å²) >= 11 is 1.79. The lowest BCUT2D eigenvalue weighted by molar-refractivity contribution is 0.649. The van der Waals surface area contributed by atoms with Crippen LogP contribution in [0.25, 0.3) is 0 Å². The maximum absolute atomic E-state index is 5.44. The molecule has 1 aromatic rings. The SMILES string of the molecule is C=C(C)C(CSc1cccc(C)c1)NN. The van der Waals surface area contributed by atoms with Gasteiger partial charge in [-0.25, -0.2) is 0 Å².